The third-order valence-electron chi connectivity index (χ3n) is 10.3. The fourth-order valence-corrected chi connectivity index (χ4v) is 15.5. The lowest BCUT2D eigenvalue weighted by Crippen LogP contribution is -2.49. The maximum Gasteiger partial charge on any atom is 0.114 e. The van der Waals surface area contributed by atoms with Gasteiger partial charge >= 0.3 is 0 Å². The number of hydrogen-bond donors (Lipinski definition) is 0. The second-order valence-corrected chi connectivity index (χ2v) is 23.1. The molecule has 0 fully saturated rings. The van der Waals surface area contributed by atoms with Gasteiger partial charge < -0.3 is 4.90 Å². The van der Waals surface area contributed by atoms with Crippen molar-refractivity contribution in [1.82, 2.24) is 0 Å². The van der Waals surface area contributed by atoms with Crippen LogP contribution in [0.25, 0.3) is 42.4 Å². The van der Waals surface area contributed by atoms with E-state index in [-0.39, 0.29) is 0 Å². The number of fused-ring (bicyclic) bond motifs is 10. The highest BCUT2D eigenvalue weighted by Crippen LogP contribution is 2.44. The SMILES string of the molecule is C[Si]1(C)c2ccccc2-c2cc(N(c3ccccc3)c3ccc4c(c3)[Si](C)(C)c3ccc5c(sc6ccccc65)c3-4)ccc21. The largest absolute Gasteiger partial charge is 0.310 e. The van der Waals surface area contributed by atoms with Crippen molar-refractivity contribution in [3.05, 3.63) is 127 Å². The van der Waals surface area contributed by atoms with Crippen molar-refractivity contribution < 1.29 is 0 Å². The molecule has 1 nitrogen and oxygen atoms in total. The smallest absolute Gasteiger partial charge is 0.114 e. The van der Waals surface area contributed by atoms with E-state index in [1.165, 1.54) is 64.7 Å². The summed E-state index contributed by atoms with van der Waals surface area (Å²) in [6.45, 7) is 10.1. The molecule has 212 valence electrons. The van der Waals surface area contributed by atoms with Crippen molar-refractivity contribution in [2.24, 2.45) is 0 Å². The molecule has 0 bridgehead atoms. The van der Waals surface area contributed by atoms with Gasteiger partial charge in [0, 0.05) is 37.2 Å². The van der Waals surface area contributed by atoms with Gasteiger partial charge in [-0.2, -0.15) is 0 Å². The normalized spacial score (nSPS) is 15.2. The molecule has 4 heteroatoms. The average molecular weight is 616 g/mol. The fourth-order valence-electron chi connectivity index (χ4n) is 8.00. The van der Waals surface area contributed by atoms with Crippen LogP contribution in [0, 0.1) is 0 Å². The summed E-state index contributed by atoms with van der Waals surface area (Å²) in [7, 11) is -3.64. The highest BCUT2D eigenvalue weighted by molar-refractivity contribution is 7.26. The molecule has 2 aliphatic heterocycles. The Hall–Kier alpha value is -4.23. The Kier molecular flexibility index (Phi) is 5.45. The van der Waals surface area contributed by atoms with Gasteiger partial charge in [-0.1, -0.05) is 111 Å². The molecule has 0 atom stereocenters. The third-order valence-corrected chi connectivity index (χ3v) is 18.6. The fraction of sp³-hybridized carbons (Fsp3) is 0.100. The van der Waals surface area contributed by atoms with Crippen molar-refractivity contribution in [2.75, 3.05) is 4.90 Å². The van der Waals surface area contributed by atoms with Crippen molar-refractivity contribution in [3.63, 3.8) is 0 Å². The standard InChI is InChI=1S/C40H33NSSi2/c1-43(2)35-17-11-9-15-30(35)33-24-27(19-22-36(33)43)41(26-12-6-5-7-13-26)28-18-20-32-38(25-28)44(3,4)37-23-21-31-29-14-8-10-16-34(29)42-40(31)39(32)37/h5-25H,1-4H3. The van der Waals surface area contributed by atoms with Gasteiger partial charge in [-0.05, 0) is 85.5 Å². The Morgan fingerprint density at radius 1 is 0.455 bits per heavy atom. The first-order valence-electron chi connectivity index (χ1n) is 15.5. The second kappa shape index (κ2) is 9.15. The first-order chi connectivity index (χ1) is 21.3. The Labute approximate surface area is 265 Å². The van der Waals surface area contributed by atoms with E-state index in [0.29, 0.717) is 0 Å². The van der Waals surface area contributed by atoms with Crippen LogP contribution in [0.1, 0.15) is 0 Å². The number of hydrogen-bond acceptors (Lipinski definition) is 2. The Bertz CT molecular complexity index is 2300. The maximum absolute atomic E-state index is 2.53. The van der Waals surface area contributed by atoms with Crippen LogP contribution in [0.4, 0.5) is 17.1 Å². The van der Waals surface area contributed by atoms with Gasteiger partial charge in [0.05, 0.1) is 0 Å². The predicted molar refractivity (Wildman–Crippen MR) is 198 cm³/mol. The van der Waals surface area contributed by atoms with E-state index in [9.17, 15) is 0 Å². The molecule has 0 aliphatic carbocycles. The lowest BCUT2D eigenvalue weighted by atomic mass is 10.0. The predicted octanol–water partition coefficient (Wildman–Crippen LogP) is 9.13. The van der Waals surface area contributed by atoms with E-state index in [1.54, 1.807) is 15.6 Å². The van der Waals surface area contributed by atoms with Crippen LogP contribution in [-0.4, -0.2) is 16.1 Å². The first-order valence-corrected chi connectivity index (χ1v) is 22.3. The summed E-state index contributed by atoms with van der Waals surface area (Å²) in [4.78, 5) is 2.47. The number of benzene rings is 6. The summed E-state index contributed by atoms with van der Waals surface area (Å²) in [6, 6.07) is 48.2. The van der Waals surface area contributed by atoms with Crippen LogP contribution in [0.2, 0.25) is 26.2 Å². The van der Waals surface area contributed by atoms with Gasteiger partial charge in [0.15, 0.2) is 0 Å². The lowest BCUT2D eigenvalue weighted by molar-refractivity contribution is 1.29. The van der Waals surface area contributed by atoms with E-state index < -0.39 is 16.1 Å². The van der Waals surface area contributed by atoms with Gasteiger partial charge in [0.25, 0.3) is 0 Å². The van der Waals surface area contributed by atoms with Gasteiger partial charge in [-0.15, -0.1) is 11.3 Å². The number of para-hydroxylation sites is 1. The van der Waals surface area contributed by atoms with Crippen molar-refractivity contribution >= 4 is 85.5 Å². The molecule has 1 aromatic heterocycles. The van der Waals surface area contributed by atoms with E-state index in [1.807, 2.05) is 11.3 Å². The molecule has 2 aliphatic rings. The number of nitrogens with zero attached hydrogens (tertiary/aromatic N) is 1. The Balaban J connectivity index is 1.24. The summed E-state index contributed by atoms with van der Waals surface area (Å²) in [6.07, 6.45) is 0. The molecule has 7 aromatic rings. The number of thiophene rings is 1. The quantitative estimate of drug-likeness (QED) is 0.179. The molecule has 0 saturated heterocycles. The van der Waals surface area contributed by atoms with Crippen LogP contribution in [0.3, 0.4) is 0 Å². The zero-order chi connectivity index (χ0) is 29.8. The van der Waals surface area contributed by atoms with E-state index in [4.69, 9.17) is 0 Å². The van der Waals surface area contributed by atoms with Crippen molar-refractivity contribution in [1.29, 1.82) is 0 Å². The summed E-state index contributed by atoms with van der Waals surface area (Å²) >= 11 is 1.96. The summed E-state index contributed by atoms with van der Waals surface area (Å²) in [5, 5.41) is 8.96. The molecule has 0 N–H and O–H groups in total. The number of rotatable bonds is 3. The average Bonchev–Trinajstić information content (AvgIpc) is 3.62. The zero-order valence-electron chi connectivity index (χ0n) is 25.5. The molecule has 3 heterocycles. The van der Waals surface area contributed by atoms with Crippen molar-refractivity contribution in [3.8, 4) is 22.3 Å². The first kappa shape index (κ1) is 26.2. The molecule has 0 spiro atoms. The van der Waals surface area contributed by atoms with Gasteiger partial charge in [0.1, 0.15) is 16.1 Å². The Morgan fingerprint density at radius 3 is 1.98 bits per heavy atom. The third kappa shape index (κ3) is 3.50. The molecule has 0 amide bonds. The zero-order valence-corrected chi connectivity index (χ0v) is 28.3. The highest BCUT2D eigenvalue weighted by Gasteiger charge is 2.40. The van der Waals surface area contributed by atoms with Crippen LogP contribution in [-0.2, 0) is 0 Å². The van der Waals surface area contributed by atoms with E-state index in [0.717, 1.165) is 0 Å². The summed E-state index contributed by atoms with van der Waals surface area (Å²) in [5.74, 6) is 0. The Morgan fingerprint density at radius 2 is 1.11 bits per heavy atom. The minimum atomic E-state index is -1.92. The molecule has 6 aromatic carbocycles. The monoisotopic (exact) mass is 615 g/mol. The maximum atomic E-state index is 2.53. The topological polar surface area (TPSA) is 3.24 Å². The minimum absolute atomic E-state index is 1.19. The molecule has 0 radical (unpaired) electrons. The van der Waals surface area contributed by atoms with Crippen molar-refractivity contribution in [2.45, 2.75) is 26.2 Å². The van der Waals surface area contributed by atoms with E-state index in [2.05, 4.69) is 158 Å². The van der Waals surface area contributed by atoms with Crippen LogP contribution >= 0.6 is 11.3 Å². The lowest BCUT2D eigenvalue weighted by Gasteiger charge is -2.28. The van der Waals surface area contributed by atoms with Gasteiger partial charge in [-0.25, -0.2) is 0 Å². The molecule has 0 saturated carbocycles. The highest BCUT2D eigenvalue weighted by atomic mass is 32.1. The van der Waals surface area contributed by atoms with Crippen LogP contribution in [0.5, 0.6) is 0 Å². The molecule has 0 unspecified atom stereocenters. The van der Waals surface area contributed by atoms with Gasteiger partial charge in [0.2, 0.25) is 0 Å². The molecular weight excluding hydrogens is 583 g/mol. The van der Waals surface area contributed by atoms with Crippen LogP contribution < -0.4 is 25.6 Å². The van der Waals surface area contributed by atoms with E-state index >= 15 is 0 Å². The van der Waals surface area contributed by atoms with Gasteiger partial charge in [-0.3, -0.25) is 0 Å². The molecule has 9 rings (SSSR count). The summed E-state index contributed by atoms with van der Waals surface area (Å²) in [5.41, 5.74) is 9.38. The van der Waals surface area contributed by atoms with Crippen LogP contribution in [0.15, 0.2) is 127 Å². The molecule has 44 heavy (non-hydrogen) atoms. The summed E-state index contributed by atoms with van der Waals surface area (Å²) < 4.78 is 2.82. The molecular formula is C40H33NSSi2. The second-order valence-electron chi connectivity index (χ2n) is 13.4. The minimum Gasteiger partial charge on any atom is -0.310 e. The number of anilines is 3.